The molecule has 2 aromatic heterocycles. The molecular weight excluding hydrogens is 693 g/mol. The summed E-state index contributed by atoms with van der Waals surface area (Å²) in [5.74, 6) is 0. The number of hydrogen-bond donors (Lipinski definition) is 0. The summed E-state index contributed by atoms with van der Waals surface area (Å²) >= 11 is 0. The van der Waals surface area contributed by atoms with Gasteiger partial charge in [-0.1, -0.05) is 140 Å². The lowest BCUT2D eigenvalue weighted by molar-refractivity contribution is 0.568. The average molecular weight is 731 g/mol. The minimum Gasteiger partial charge on any atom is -0.456 e. The first-order valence-corrected chi connectivity index (χ1v) is 19.7. The topological polar surface area (TPSA) is 21.3 Å². The Morgan fingerprint density at radius 2 is 0.947 bits per heavy atom. The maximum Gasteiger partial charge on any atom is 0.138 e. The van der Waals surface area contributed by atoms with Gasteiger partial charge in [0.05, 0.1) is 11.0 Å². The molecule has 270 valence electrons. The first kappa shape index (κ1) is 33.0. The highest BCUT2D eigenvalue weighted by molar-refractivity contribution is 6.10. The zero-order valence-corrected chi connectivity index (χ0v) is 31.3. The van der Waals surface area contributed by atoms with Crippen LogP contribution >= 0.6 is 0 Å². The number of hydrogen-bond acceptors (Lipinski definition) is 2. The van der Waals surface area contributed by atoms with Gasteiger partial charge >= 0.3 is 0 Å². The van der Waals surface area contributed by atoms with Crippen LogP contribution in [0.5, 0.6) is 0 Å². The zero-order valence-electron chi connectivity index (χ0n) is 31.3. The Bertz CT molecular complexity index is 3190. The van der Waals surface area contributed by atoms with Crippen molar-refractivity contribution >= 4 is 61.5 Å². The lowest BCUT2D eigenvalue weighted by Crippen LogP contribution is -2.26. The van der Waals surface area contributed by atoms with Gasteiger partial charge in [-0.05, 0) is 107 Å². The summed E-state index contributed by atoms with van der Waals surface area (Å²) in [6.07, 6.45) is 4.27. The lowest BCUT2D eigenvalue weighted by Gasteiger charge is -2.26. The van der Waals surface area contributed by atoms with E-state index < -0.39 is 0 Å². The number of para-hydroxylation sites is 3. The van der Waals surface area contributed by atoms with Gasteiger partial charge in [-0.2, -0.15) is 0 Å². The fourth-order valence-corrected chi connectivity index (χ4v) is 8.74. The molecular formula is C54H38N2O. The normalized spacial score (nSPS) is 12.5. The highest BCUT2D eigenvalue weighted by Gasteiger charge is 2.19. The van der Waals surface area contributed by atoms with Gasteiger partial charge in [-0.25, -0.2) is 0 Å². The molecule has 0 atom stereocenters. The number of anilines is 3. The van der Waals surface area contributed by atoms with Crippen molar-refractivity contribution < 1.29 is 4.42 Å². The zero-order chi connectivity index (χ0) is 37.7. The Hall–Kier alpha value is -7.36. The van der Waals surface area contributed by atoms with Crippen LogP contribution in [0, 0.1) is 0 Å². The standard InChI is InChI=1S/C54H38N2O/c1-3-12-37(13-4-1)38-22-24-39(25-23-38)40-26-30-43(31-27-40)55(44-32-28-41(29-33-44)46-18-11-19-49-48-17-8-10-21-53(48)57-54(46)49)45-34-35-52-50(36-45)47-16-7-9-20-51(47)56(52)42-14-5-2-6-15-42/h1-10,12-17,19-36H,11,18H2. The van der Waals surface area contributed by atoms with Gasteiger partial charge in [-0.3, -0.25) is 0 Å². The molecule has 1 aliphatic rings. The molecule has 11 rings (SSSR count). The summed E-state index contributed by atoms with van der Waals surface area (Å²) in [4.78, 5) is 2.38. The summed E-state index contributed by atoms with van der Waals surface area (Å²) in [6.45, 7) is 0. The van der Waals surface area contributed by atoms with Gasteiger partial charge in [0, 0.05) is 49.7 Å². The fourth-order valence-electron chi connectivity index (χ4n) is 8.74. The Morgan fingerprint density at radius 3 is 1.65 bits per heavy atom. The molecule has 0 unspecified atom stereocenters. The van der Waals surface area contributed by atoms with Gasteiger partial charge in [-0.15, -0.1) is 0 Å². The second-order valence-electron chi connectivity index (χ2n) is 14.8. The number of aromatic nitrogens is 1. The summed E-state index contributed by atoms with van der Waals surface area (Å²) in [7, 11) is 0. The molecule has 0 bridgehead atoms. The van der Waals surface area contributed by atoms with Gasteiger partial charge in [0.15, 0.2) is 0 Å². The summed E-state index contributed by atoms with van der Waals surface area (Å²) < 4.78 is 8.85. The van der Waals surface area contributed by atoms with E-state index in [4.69, 9.17) is 4.42 Å². The third-order valence-corrected chi connectivity index (χ3v) is 11.5. The molecule has 0 spiro atoms. The lowest BCUT2D eigenvalue weighted by atomic mass is 9.96. The van der Waals surface area contributed by atoms with E-state index in [1.54, 1.807) is 0 Å². The van der Waals surface area contributed by atoms with Crippen LogP contribution in [0.1, 0.15) is 18.4 Å². The first-order chi connectivity index (χ1) is 28.3. The minimum absolute atomic E-state index is 0.945. The largest absolute Gasteiger partial charge is 0.456 e. The molecule has 0 amide bonds. The van der Waals surface area contributed by atoms with E-state index >= 15 is 0 Å². The van der Waals surface area contributed by atoms with Crippen molar-refractivity contribution in [1.29, 1.82) is 0 Å². The molecule has 0 aliphatic heterocycles. The third kappa shape index (κ3) is 5.75. The van der Waals surface area contributed by atoms with Gasteiger partial charge in [0.25, 0.3) is 0 Å². The van der Waals surface area contributed by atoms with E-state index in [1.807, 2.05) is 6.07 Å². The predicted molar refractivity (Wildman–Crippen MR) is 238 cm³/mol. The number of nitrogens with zero attached hydrogens (tertiary/aromatic N) is 2. The maximum atomic E-state index is 6.48. The van der Waals surface area contributed by atoms with Crippen LogP contribution in [0.2, 0.25) is 0 Å². The molecule has 0 radical (unpaired) electrons. The molecule has 0 fully saturated rings. The van der Waals surface area contributed by atoms with Crippen LogP contribution < -0.4 is 15.5 Å². The van der Waals surface area contributed by atoms with Crippen molar-refractivity contribution in [1.82, 2.24) is 4.57 Å². The summed E-state index contributed by atoms with van der Waals surface area (Å²) in [6, 6.07) is 72.1. The first-order valence-electron chi connectivity index (χ1n) is 19.7. The molecule has 0 saturated carbocycles. The Labute approximate surface area is 331 Å². The number of rotatable bonds is 7. The SMILES string of the molecule is C1=c2c(oc3ccccc23)=C(c2ccc(N(c3ccc(-c4ccc(-c5ccccc5)cc4)cc3)c3ccc4c(c3)c3ccccc3n4-c3ccccc3)cc2)CC1. The number of furan rings is 1. The molecule has 2 heterocycles. The van der Waals surface area contributed by atoms with Crippen LogP contribution in [-0.4, -0.2) is 4.57 Å². The highest BCUT2D eigenvalue weighted by Crippen LogP contribution is 2.41. The van der Waals surface area contributed by atoms with Crippen molar-refractivity contribution in [3.8, 4) is 27.9 Å². The van der Waals surface area contributed by atoms with Crippen LogP contribution in [-0.2, 0) is 0 Å². The highest BCUT2D eigenvalue weighted by atomic mass is 16.3. The van der Waals surface area contributed by atoms with Crippen LogP contribution in [0.4, 0.5) is 17.1 Å². The molecule has 1 aliphatic carbocycles. The van der Waals surface area contributed by atoms with Gasteiger partial charge in [0.1, 0.15) is 11.0 Å². The smallest absolute Gasteiger partial charge is 0.138 e. The van der Waals surface area contributed by atoms with Crippen molar-refractivity contribution in [3.05, 3.63) is 216 Å². The molecule has 3 nitrogen and oxygen atoms in total. The van der Waals surface area contributed by atoms with E-state index in [0.29, 0.717) is 0 Å². The predicted octanol–water partition coefficient (Wildman–Crippen LogP) is 13.1. The van der Waals surface area contributed by atoms with Crippen molar-refractivity contribution in [3.63, 3.8) is 0 Å². The Balaban J connectivity index is 1.03. The van der Waals surface area contributed by atoms with E-state index in [-0.39, 0.29) is 0 Å². The minimum atomic E-state index is 0.945. The Morgan fingerprint density at radius 1 is 0.421 bits per heavy atom. The van der Waals surface area contributed by atoms with Crippen molar-refractivity contribution in [2.24, 2.45) is 0 Å². The maximum absolute atomic E-state index is 6.48. The van der Waals surface area contributed by atoms with Gasteiger partial charge in [0.2, 0.25) is 0 Å². The van der Waals surface area contributed by atoms with Crippen molar-refractivity contribution in [2.45, 2.75) is 12.8 Å². The molecule has 8 aromatic carbocycles. The second-order valence-corrected chi connectivity index (χ2v) is 14.8. The third-order valence-electron chi connectivity index (χ3n) is 11.5. The number of fused-ring (bicyclic) bond motifs is 6. The van der Waals surface area contributed by atoms with Crippen LogP contribution in [0.25, 0.3) is 72.4 Å². The average Bonchev–Trinajstić information content (AvgIpc) is 3.84. The second kappa shape index (κ2) is 13.7. The van der Waals surface area contributed by atoms with E-state index in [1.165, 1.54) is 65.8 Å². The summed E-state index contributed by atoms with van der Waals surface area (Å²) in [5, 5.41) is 4.85. The molecule has 0 saturated heterocycles. The van der Waals surface area contributed by atoms with E-state index in [0.717, 1.165) is 46.6 Å². The number of benzene rings is 8. The van der Waals surface area contributed by atoms with E-state index in [9.17, 15) is 0 Å². The quantitative estimate of drug-likeness (QED) is 0.163. The van der Waals surface area contributed by atoms with Gasteiger partial charge < -0.3 is 13.9 Å². The Kier molecular flexibility index (Phi) is 7.96. The molecule has 57 heavy (non-hydrogen) atoms. The molecule has 3 heteroatoms. The monoisotopic (exact) mass is 730 g/mol. The van der Waals surface area contributed by atoms with Crippen molar-refractivity contribution in [2.75, 3.05) is 4.90 Å². The van der Waals surface area contributed by atoms with Crippen LogP contribution in [0.15, 0.2) is 205 Å². The molecule has 10 aromatic rings. The van der Waals surface area contributed by atoms with Crippen LogP contribution in [0.3, 0.4) is 0 Å². The molecule has 0 N–H and O–H groups in total. The summed E-state index contributed by atoms with van der Waals surface area (Å²) in [5.41, 5.74) is 16.1. The van der Waals surface area contributed by atoms with E-state index in [2.05, 4.69) is 210 Å². The fraction of sp³-hybridized carbons (Fsp3) is 0.0370.